The van der Waals surface area contributed by atoms with Gasteiger partial charge >= 0.3 is 0 Å². The Morgan fingerprint density at radius 3 is 2.83 bits per heavy atom. The van der Waals surface area contributed by atoms with E-state index < -0.39 is 0 Å². The molecular formula is C17H23N3O3. The van der Waals surface area contributed by atoms with Crippen molar-refractivity contribution >= 4 is 5.91 Å². The molecule has 124 valence electrons. The van der Waals surface area contributed by atoms with Crippen molar-refractivity contribution < 1.29 is 13.6 Å². The van der Waals surface area contributed by atoms with E-state index in [1.54, 1.807) is 18.4 Å². The Morgan fingerprint density at radius 2 is 2.22 bits per heavy atom. The van der Waals surface area contributed by atoms with Gasteiger partial charge in [-0.1, -0.05) is 0 Å². The first-order valence-corrected chi connectivity index (χ1v) is 8.08. The molecule has 1 aliphatic rings. The molecule has 0 aliphatic carbocycles. The Balaban J connectivity index is 1.62. The maximum absolute atomic E-state index is 12.5. The van der Waals surface area contributed by atoms with Crippen LogP contribution in [0.4, 0.5) is 0 Å². The molecule has 0 radical (unpaired) electrons. The van der Waals surface area contributed by atoms with E-state index in [2.05, 4.69) is 4.98 Å². The fraction of sp³-hybridized carbons (Fsp3) is 0.529. The van der Waals surface area contributed by atoms with Crippen molar-refractivity contribution in [1.82, 2.24) is 9.88 Å². The minimum Gasteiger partial charge on any atom is -0.459 e. The monoisotopic (exact) mass is 317 g/mol. The average Bonchev–Trinajstić information content (AvgIpc) is 3.18. The maximum Gasteiger partial charge on any atom is 0.263 e. The Kier molecular flexibility index (Phi) is 4.52. The van der Waals surface area contributed by atoms with Crippen LogP contribution in [0.5, 0.6) is 0 Å². The van der Waals surface area contributed by atoms with E-state index in [1.807, 2.05) is 18.7 Å². The predicted molar refractivity (Wildman–Crippen MR) is 85.6 cm³/mol. The molecule has 6 nitrogen and oxygen atoms in total. The summed E-state index contributed by atoms with van der Waals surface area (Å²) in [5, 5.41) is 0. The minimum atomic E-state index is 0.0931. The Morgan fingerprint density at radius 1 is 1.48 bits per heavy atom. The van der Waals surface area contributed by atoms with E-state index in [0.29, 0.717) is 29.0 Å². The number of furan rings is 1. The largest absolute Gasteiger partial charge is 0.459 e. The van der Waals surface area contributed by atoms with Gasteiger partial charge in [-0.25, -0.2) is 4.98 Å². The molecule has 1 aliphatic heterocycles. The fourth-order valence-corrected chi connectivity index (χ4v) is 3.03. The first kappa shape index (κ1) is 15.8. The molecule has 6 heteroatoms. The smallest absolute Gasteiger partial charge is 0.263 e. The number of amides is 1. The van der Waals surface area contributed by atoms with Gasteiger partial charge < -0.3 is 19.5 Å². The number of nitrogens with zero attached hydrogens (tertiary/aromatic N) is 2. The molecule has 1 unspecified atom stereocenters. The van der Waals surface area contributed by atoms with Crippen LogP contribution in [0.3, 0.4) is 0 Å². The summed E-state index contributed by atoms with van der Waals surface area (Å²) >= 11 is 0. The summed E-state index contributed by atoms with van der Waals surface area (Å²) in [5.41, 5.74) is 6.62. The number of aryl methyl sites for hydroxylation is 1. The number of carbonyl (C=O) groups is 1. The number of carbonyl (C=O) groups excluding carboxylic acids is 1. The molecule has 3 heterocycles. The zero-order valence-corrected chi connectivity index (χ0v) is 13.6. The molecule has 2 aromatic rings. The molecule has 0 spiro atoms. The van der Waals surface area contributed by atoms with Gasteiger partial charge in [0.15, 0.2) is 5.76 Å². The quantitative estimate of drug-likeness (QED) is 0.935. The van der Waals surface area contributed by atoms with E-state index in [9.17, 15) is 4.79 Å². The lowest BCUT2D eigenvalue weighted by Crippen LogP contribution is -2.43. The summed E-state index contributed by atoms with van der Waals surface area (Å²) in [4.78, 5) is 18.8. The van der Waals surface area contributed by atoms with Gasteiger partial charge in [-0.2, -0.15) is 0 Å². The molecule has 0 bridgehead atoms. The van der Waals surface area contributed by atoms with Crippen LogP contribution in [0.1, 0.15) is 31.2 Å². The van der Waals surface area contributed by atoms with Gasteiger partial charge in [0.2, 0.25) is 5.91 Å². The van der Waals surface area contributed by atoms with Crippen LogP contribution in [0, 0.1) is 12.8 Å². The van der Waals surface area contributed by atoms with E-state index in [-0.39, 0.29) is 18.4 Å². The number of piperidine rings is 1. The van der Waals surface area contributed by atoms with Crippen LogP contribution >= 0.6 is 0 Å². The van der Waals surface area contributed by atoms with Crippen molar-refractivity contribution in [2.75, 3.05) is 13.1 Å². The lowest BCUT2D eigenvalue weighted by molar-refractivity contribution is -0.132. The zero-order valence-electron chi connectivity index (χ0n) is 13.6. The highest BCUT2D eigenvalue weighted by molar-refractivity contribution is 5.78. The molecule has 1 atom stereocenters. The van der Waals surface area contributed by atoms with Crippen molar-refractivity contribution in [1.29, 1.82) is 0 Å². The van der Waals surface area contributed by atoms with Crippen molar-refractivity contribution in [2.45, 2.75) is 39.2 Å². The summed E-state index contributed by atoms with van der Waals surface area (Å²) in [7, 11) is 0. The van der Waals surface area contributed by atoms with E-state index in [4.69, 9.17) is 14.6 Å². The second kappa shape index (κ2) is 6.58. The minimum absolute atomic E-state index is 0.0931. The third-order valence-corrected chi connectivity index (χ3v) is 4.58. The van der Waals surface area contributed by atoms with Gasteiger partial charge in [0.25, 0.3) is 5.89 Å². The van der Waals surface area contributed by atoms with Crippen LogP contribution in [-0.2, 0) is 11.2 Å². The maximum atomic E-state index is 12.5. The summed E-state index contributed by atoms with van der Waals surface area (Å²) in [6.07, 6.45) is 3.78. The Hall–Kier alpha value is -2.08. The van der Waals surface area contributed by atoms with Crippen molar-refractivity contribution in [2.24, 2.45) is 11.7 Å². The molecule has 3 rings (SSSR count). The van der Waals surface area contributed by atoms with E-state index in [0.717, 1.165) is 25.9 Å². The SMILES string of the molecule is Cc1oc(-c2ccco2)nc1CC(=O)N1CCC(C(C)N)CC1. The highest BCUT2D eigenvalue weighted by Gasteiger charge is 2.26. The molecule has 2 aromatic heterocycles. The van der Waals surface area contributed by atoms with Gasteiger partial charge in [0.1, 0.15) is 5.76 Å². The molecule has 23 heavy (non-hydrogen) atoms. The summed E-state index contributed by atoms with van der Waals surface area (Å²) in [6.45, 7) is 5.40. The number of likely N-dealkylation sites (tertiary alicyclic amines) is 1. The second-order valence-corrected chi connectivity index (χ2v) is 6.25. The third kappa shape index (κ3) is 3.47. The number of aromatic nitrogens is 1. The Labute approximate surface area is 135 Å². The van der Waals surface area contributed by atoms with Gasteiger partial charge in [0.05, 0.1) is 18.4 Å². The number of oxazole rings is 1. The van der Waals surface area contributed by atoms with E-state index >= 15 is 0 Å². The van der Waals surface area contributed by atoms with Crippen LogP contribution < -0.4 is 5.73 Å². The molecule has 1 amide bonds. The third-order valence-electron chi connectivity index (χ3n) is 4.58. The molecule has 1 fully saturated rings. The van der Waals surface area contributed by atoms with Gasteiger partial charge in [-0.05, 0) is 44.7 Å². The van der Waals surface area contributed by atoms with Crippen LogP contribution in [0.15, 0.2) is 27.2 Å². The number of rotatable bonds is 4. The highest BCUT2D eigenvalue weighted by atomic mass is 16.4. The molecule has 0 aromatic carbocycles. The van der Waals surface area contributed by atoms with Crippen molar-refractivity contribution in [3.8, 4) is 11.7 Å². The first-order chi connectivity index (χ1) is 11.0. The van der Waals surface area contributed by atoms with Gasteiger partial charge in [0, 0.05) is 19.1 Å². The van der Waals surface area contributed by atoms with Crippen LogP contribution in [0.2, 0.25) is 0 Å². The van der Waals surface area contributed by atoms with Crippen molar-refractivity contribution in [3.63, 3.8) is 0 Å². The molecular weight excluding hydrogens is 294 g/mol. The molecule has 2 N–H and O–H groups in total. The lowest BCUT2D eigenvalue weighted by atomic mass is 9.91. The predicted octanol–water partition coefficient (Wildman–Crippen LogP) is 2.37. The molecule has 0 saturated carbocycles. The molecule has 1 saturated heterocycles. The number of hydrogen-bond acceptors (Lipinski definition) is 5. The normalized spacial score (nSPS) is 17.4. The first-order valence-electron chi connectivity index (χ1n) is 8.08. The highest BCUT2D eigenvalue weighted by Crippen LogP contribution is 2.24. The van der Waals surface area contributed by atoms with Crippen LogP contribution in [0.25, 0.3) is 11.7 Å². The fourth-order valence-electron chi connectivity index (χ4n) is 3.03. The summed E-state index contributed by atoms with van der Waals surface area (Å²) < 4.78 is 10.9. The van der Waals surface area contributed by atoms with E-state index in [1.165, 1.54) is 0 Å². The Bertz CT molecular complexity index is 653. The van der Waals surface area contributed by atoms with Crippen molar-refractivity contribution in [3.05, 3.63) is 29.9 Å². The number of hydrogen-bond donors (Lipinski definition) is 1. The topological polar surface area (TPSA) is 85.5 Å². The van der Waals surface area contributed by atoms with Gasteiger partial charge in [-0.15, -0.1) is 0 Å². The average molecular weight is 317 g/mol. The zero-order chi connectivity index (χ0) is 16.4. The number of nitrogens with two attached hydrogens (primary N) is 1. The summed E-state index contributed by atoms with van der Waals surface area (Å²) in [6, 6.07) is 3.76. The summed E-state index contributed by atoms with van der Waals surface area (Å²) in [5.74, 6) is 2.26. The van der Waals surface area contributed by atoms with Crippen LogP contribution in [-0.4, -0.2) is 34.9 Å². The second-order valence-electron chi connectivity index (χ2n) is 6.25. The standard InChI is InChI=1S/C17H23N3O3/c1-11(18)13-5-7-20(8-6-13)16(21)10-14-12(2)23-17(19-14)15-4-3-9-22-15/h3-4,9,11,13H,5-8,10,18H2,1-2H3. The van der Waals surface area contributed by atoms with Gasteiger partial charge in [-0.3, -0.25) is 4.79 Å². The lowest BCUT2D eigenvalue weighted by Gasteiger charge is -2.33.